The summed E-state index contributed by atoms with van der Waals surface area (Å²) in [5, 5.41) is 12.0. The minimum absolute atomic E-state index is 0. The van der Waals surface area contributed by atoms with Crippen LogP contribution in [-0.2, 0) is 27.7 Å². The van der Waals surface area contributed by atoms with Gasteiger partial charge in [-0.2, -0.15) is 0 Å². The van der Waals surface area contributed by atoms with Crippen molar-refractivity contribution in [3.05, 3.63) is 58.6 Å². The van der Waals surface area contributed by atoms with Crippen LogP contribution in [0.15, 0.2) is 47.4 Å². The first-order valence-electron chi connectivity index (χ1n) is 7.69. The van der Waals surface area contributed by atoms with Crippen LogP contribution in [0, 0.1) is 0 Å². The first-order valence-corrected chi connectivity index (χ1v) is 9.55. The largest absolute Gasteiger partial charge is 0.480 e. The van der Waals surface area contributed by atoms with E-state index in [1.165, 1.54) is 12.1 Å². The quantitative estimate of drug-likeness (QED) is 0.640. The molecule has 1 aliphatic rings. The van der Waals surface area contributed by atoms with Crippen molar-refractivity contribution in [1.82, 2.24) is 4.72 Å². The molecule has 0 fully saturated rings. The zero-order valence-corrected chi connectivity index (χ0v) is 17.8. The van der Waals surface area contributed by atoms with E-state index in [1.807, 2.05) is 12.1 Å². The van der Waals surface area contributed by atoms with Crippen LogP contribution in [0.2, 0.25) is 5.02 Å². The SMILES string of the molecule is O=C(O)CNc1ccc2c(c1)CC(NS(=O)(=O)c1ccc(Cl)cc1)C2.[Na]. The maximum absolute atomic E-state index is 12.5. The Balaban J connectivity index is 0.00000243. The third kappa shape index (κ3) is 5.22. The molecule has 1 radical (unpaired) electrons. The van der Waals surface area contributed by atoms with Crippen molar-refractivity contribution in [1.29, 1.82) is 0 Å². The van der Waals surface area contributed by atoms with E-state index in [-0.39, 0.29) is 47.0 Å². The monoisotopic (exact) mass is 403 g/mol. The van der Waals surface area contributed by atoms with Crippen molar-refractivity contribution in [2.45, 2.75) is 23.8 Å². The number of hydrogen-bond donors (Lipinski definition) is 3. The van der Waals surface area contributed by atoms with Crippen LogP contribution in [-0.4, -0.2) is 61.6 Å². The molecule has 0 aromatic heterocycles. The summed E-state index contributed by atoms with van der Waals surface area (Å²) in [6, 6.07) is 11.4. The average Bonchev–Trinajstić information content (AvgIpc) is 2.93. The Hall–Kier alpha value is -1.09. The van der Waals surface area contributed by atoms with E-state index in [2.05, 4.69) is 10.0 Å². The van der Waals surface area contributed by atoms with Crippen LogP contribution < -0.4 is 10.0 Å². The van der Waals surface area contributed by atoms with Crippen LogP contribution in [0.3, 0.4) is 0 Å². The second kappa shape index (κ2) is 8.73. The standard InChI is InChI=1S/C17H17ClN2O4S.Na/c18-13-2-5-16(6-3-13)25(23,24)20-15-7-11-1-4-14(8-12(11)9-15)19-10-17(21)22;/h1-6,8,15,19-20H,7,9-10H2,(H,21,22);. The van der Waals surface area contributed by atoms with E-state index in [0.29, 0.717) is 23.6 Å². The molecule has 0 amide bonds. The van der Waals surface area contributed by atoms with Crippen LogP contribution in [0.5, 0.6) is 0 Å². The molecular weight excluding hydrogens is 387 g/mol. The number of anilines is 1. The number of halogens is 1. The summed E-state index contributed by atoms with van der Waals surface area (Å²) in [5.41, 5.74) is 2.78. The molecule has 3 rings (SSSR count). The number of benzene rings is 2. The van der Waals surface area contributed by atoms with Gasteiger partial charge in [0.05, 0.1) is 4.90 Å². The molecule has 3 N–H and O–H groups in total. The molecule has 6 nitrogen and oxygen atoms in total. The maximum Gasteiger partial charge on any atom is 0.322 e. The van der Waals surface area contributed by atoms with Gasteiger partial charge in [-0.1, -0.05) is 17.7 Å². The first-order chi connectivity index (χ1) is 11.8. The number of hydrogen-bond acceptors (Lipinski definition) is 4. The Bertz CT molecular complexity index is 903. The zero-order chi connectivity index (χ0) is 18.0. The molecule has 0 saturated heterocycles. The fourth-order valence-corrected chi connectivity index (χ4v) is 4.25. The number of rotatable bonds is 6. The van der Waals surface area contributed by atoms with Crippen molar-refractivity contribution in [2.24, 2.45) is 0 Å². The smallest absolute Gasteiger partial charge is 0.322 e. The van der Waals surface area contributed by atoms with Gasteiger partial charge in [0.25, 0.3) is 0 Å². The van der Waals surface area contributed by atoms with E-state index >= 15 is 0 Å². The van der Waals surface area contributed by atoms with E-state index in [0.717, 1.165) is 11.1 Å². The van der Waals surface area contributed by atoms with E-state index in [1.54, 1.807) is 18.2 Å². The Kier molecular flexibility index (Phi) is 7.12. The summed E-state index contributed by atoms with van der Waals surface area (Å²) in [7, 11) is -3.61. The molecule has 1 atom stereocenters. The normalized spacial score (nSPS) is 15.8. The second-order valence-electron chi connectivity index (χ2n) is 5.91. The molecular formula is C17H17ClN2NaO4S. The Morgan fingerprint density at radius 2 is 1.77 bits per heavy atom. The number of carbonyl (C=O) groups is 1. The Morgan fingerprint density at radius 1 is 1.12 bits per heavy atom. The summed E-state index contributed by atoms with van der Waals surface area (Å²) in [6.45, 7) is -0.161. The van der Waals surface area contributed by atoms with Crippen molar-refractivity contribution in [3.63, 3.8) is 0 Å². The third-order valence-corrected chi connectivity index (χ3v) is 5.82. The van der Waals surface area contributed by atoms with Crippen LogP contribution in [0.1, 0.15) is 11.1 Å². The summed E-state index contributed by atoms with van der Waals surface area (Å²) in [6.07, 6.45) is 1.16. The van der Waals surface area contributed by atoms with Gasteiger partial charge in [-0.15, -0.1) is 0 Å². The molecule has 26 heavy (non-hydrogen) atoms. The van der Waals surface area contributed by atoms with Crippen molar-refractivity contribution >= 4 is 62.8 Å². The minimum atomic E-state index is -3.61. The van der Waals surface area contributed by atoms with Crippen molar-refractivity contribution < 1.29 is 18.3 Å². The van der Waals surface area contributed by atoms with Crippen LogP contribution in [0.4, 0.5) is 5.69 Å². The van der Waals surface area contributed by atoms with E-state index in [9.17, 15) is 13.2 Å². The Morgan fingerprint density at radius 3 is 2.42 bits per heavy atom. The molecule has 1 unspecified atom stereocenters. The zero-order valence-electron chi connectivity index (χ0n) is 14.2. The molecule has 2 aromatic rings. The molecule has 2 aromatic carbocycles. The van der Waals surface area contributed by atoms with Gasteiger partial charge in [0.2, 0.25) is 10.0 Å². The fourth-order valence-electron chi connectivity index (χ4n) is 2.89. The average molecular weight is 404 g/mol. The van der Waals surface area contributed by atoms with Gasteiger partial charge in [0, 0.05) is 46.3 Å². The number of carboxylic acids is 1. The van der Waals surface area contributed by atoms with Gasteiger partial charge in [0.15, 0.2) is 0 Å². The van der Waals surface area contributed by atoms with E-state index in [4.69, 9.17) is 16.7 Å². The molecule has 0 bridgehead atoms. The number of sulfonamides is 1. The topological polar surface area (TPSA) is 95.5 Å². The molecule has 0 heterocycles. The summed E-state index contributed by atoms with van der Waals surface area (Å²) in [4.78, 5) is 10.8. The second-order valence-corrected chi connectivity index (χ2v) is 8.06. The minimum Gasteiger partial charge on any atom is -0.480 e. The van der Waals surface area contributed by atoms with E-state index < -0.39 is 16.0 Å². The summed E-state index contributed by atoms with van der Waals surface area (Å²) in [5.74, 6) is -0.936. The Labute approximate surface area is 179 Å². The van der Waals surface area contributed by atoms with Gasteiger partial charge in [-0.3, -0.25) is 4.79 Å². The molecule has 0 spiro atoms. The van der Waals surface area contributed by atoms with Gasteiger partial charge in [-0.25, -0.2) is 13.1 Å². The van der Waals surface area contributed by atoms with Crippen molar-refractivity contribution in [3.8, 4) is 0 Å². The van der Waals surface area contributed by atoms with Gasteiger partial charge >= 0.3 is 5.97 Å². The van der Waals surface area contributed by atoms with Gasteiger partial charge in [-0.05, 0) is 60.4 Å². The van der Waals surface area contributed by atoms with Gasteiger partial charge in [0.1, 0.15) is 6.54 Å². The predicted octanol–water partition coefficient (Wildman–Crippen LogP) is 1.90. The van der Waals surface area contributed by atoms with Gasteiger partial charge < -0.3 is 10.4 Å². The number of carboxylic acid groups (broad SMARTS) is 1. The van der Waals surface area contributed by atoms with Crippen LogP contribution in [0.25, 0.3) is 0 Å². The maximum atomic E-state index is 12.5. The molecule has 133 valence electrons. The predicted molar refractivity (Wildman–Crippen MR) is 101 cm³/mol. The third-order valence-electron chi connectivity index (χ3n) is 4.03. The van der Waals surface area contributed by atoms with Crippen LogP contribution >= 0.6 is 11.6 Å². The molecule has 9 heteroatoms. The number of aliphatic carboxylic acids is 1. The molecule has 0 aliphatic heterocycles. The first kappa shape index (κ1) is 21.2. The summed E-state index contributed by atoms with van der Waals surface area (Å²) >= 11 is 5.80. The number of nitrogens with one attached hydrogen (secondary N) is 2. The summed E-state index contributed by atoms with van der Waals surface area (Å²) < 4.78 is 27.6. The fraction of sp³-hybridized carbons (Fsp3) is 0.235. The number of fused-ring (bicyclic) bond motifs is 1. The molecule has 0 saturated carbocycles. The molecule has 1 aliphatic carbocycles. The van der Waals surface area contributed by atoms with Crippen molar-refractivity contribution in [2.75, 3.05) is 11.9 Å².